The van der Waals surface area contributed by atoms with E-state index in [0.717, 1.165) is 19.5 Å². The minimum atomic E-state index is -0.0234. The van der Waals surface area contributed by atoms with Gasteiger partial charge in [-0.25, -0.2) is 0 Å². The number of aromatic nitrogens is 1. The van der Waals surface area contributed by atoms with Crippen molar-refractivity contribution in [2.45, 2.75) is 13.0 Å². The Balaban J connectivity index is 1.93. The third-order valence-electron chi connectivity index (χ3n) is 3.57. The van der Waals surface area contributed by atoms with Crippen LogP contribution in [-0.2, 0) is 13.0 Å². The molecule has 0 fully saturated rings. The number of hydrogen-bond acceptors (Lipinski definition) is 4. The topological polar surface area (TPSA) is 51.2 Å². The third kappa shape index (κ3) is 2.42. The molecular formula is C16H16N2O2. The first-order chi connectivity index (χ1) is 9.78. The van der Waals surface area contributed by atoms with Crippen molar-refractivity contribution in [2.24, 2.45) is 0 Å². The summed E-state index contributed by atoms with van der Waals surface area (Å²) in [6, 6.07) is 7.64. The first-order valence-electron chi connectivity index (χ1n) is 6.64. The van der Waals surface area contributed by atoms with Crippen molar-refractivity contribution in [1.82, 2.24) is 10.3 Å². The molecule has 102 valence electrons. The van der Waals surface area contributed by atoms with Gasteiger partial charge in [0.15, 0.2) is 5.78 Å². The molecule has 0 bridgehead atoms. The summed E-state index contributed by atoms with van der Waals surface area (Å²) in [4.78, 5) is 16.5. The van der Waals surface area contributed by atoms with Gasteiger partial charge in [0, 0.05) is 23.9 Å². The Hall–Kier alpha value is -2.20. The number of carbonyl (C=O) groups excluding carboxylic acids is 1. The summed E-state index contributed by atoms with van der Waals surface area (Å²) in [7, 11) is 1.57. The number of benzene rings is 1. The Labute approximate surface area is 117 Å². The lowest BCUT2D eigenvalue weighted by atomic mass is 9.95. The van der Waals surface area contributed by atoms with Gasteiger partial charge in [-0.15, -0.1) is 0 Å². The second-order valence-electron chi connectivity index (χ2n) is 4.85. The zero-order valence-electron chi connectivity index (χ0n) is 11.3. The van der Waals surface area contributed by atoms with Gasteiger partial charge in [-0.2, -0.15) is 0 Å². The highest BCUT2D eigenvalue weighted by molar-refractivity contribution is 6.09. The number of rotatable bonds is 3. The largest absolute Gasteiger partial charge is 0.495 e. The highest BCUT2D eigenvalue weighted by Gasteiger charge is 2.14. The highest BCUT2D eigenvalue weighted by atomic mass is 16.5. The van der Waals surface area contributed by atoms with E-state index in [1.54, 1.807) is 25.6 Å². The molecule has 1 aliphatic rings. The molecule has 1 aromatic heterocycles. The Morgan fingerprint density at radius 2 is 2.10 bits per heavy atom. The number of carbonyl (C=O) groups is 1. The lowest BCUT2D eigenvalue weighted by Gasteiger charge is -2.17. The van der Waals surface area contributed by atoms with Crippen molar-refractivity contribution in [3.05, 3.63) is 58.9 Å². The maximum Gasteiger partial charge on any atom is 0.194 e. The molecule has 1 aliphatic heterocycles. The molecule has 1 N–H and O–H groups in total. The van der Waals surface area contributed by atoms with E-state index in [4.69, 9.17) is 4.74 Å². The number of fused-ring (bicyclic) bond motifs is 1. The van der Waals surface area contributed by atoms with Crippen molar-refractivity contribution in [3.63, 3.8) is 0 Å². The van der Waals surface area contributed by atoms with Gasteiger partial charge in [-0.1, -0.05) is 12.1 Å². The number of nitrogens with zero attached hydrogens (tertiary/aromatic N) is 1. The number of hydrogen-bond donors (Lipinski definition) is 1. The van der Waals surface area contributed by atoms with E-state index < -0.39 is 0 Å². The molecule has 20 heavy (non-hydrogen) atoms. The molecule has 2 heterocycles. The van der Waals surface area contributed by atoms with Gasteiger partial charge in [-0.3, -0.25) is 9.78 Å². The van der Waals surface area contributed by atoms with E-state index >= 15 is 0 Å². The van der Waals surface area contributed by atoms with Crippen LogP contribution in [-0.4, -0.2) is 24.4 Å². The molecule has 0 spiro atoms. The average molecular weight is 268 g/mol. The van der Waals surface area contributed by atoms with Crippen LogP contribution in [0.5, 0.6) is 5.75 Å². The minimum absolute atomic E-state index is 0.0234. The van der Waals surface area contributed by atoms with Crippen LogP contribution in [0.4, 0.5) is 0 Å². The molecule has 0 aliphatic carbocycles. The Morgan fingerprint density at radius 1 is 1.20 bits per heavy atom. The Bertz CT molecular complexity index is 653. The van der Waals surface area contributed by atoms with Gasteiger partial charge >= 0.3 is 0 Å². The van der Waals surface area contributed by atoms with E-state index in [9.17, 15) is 4.79 Å². The minimum Gasteiger partial charge on any atom is -0.495 e. The standard InChI is InChI=1S/C16H16N2O2/c1-20-15-7-14(9-18-10-15)16(19)12-3-2-11-4-5-17-8-13(11)6-12/h2-3,6-7,9-10,17H,4-5,8H2,1H3. The summed E-state index contributed by atoms with van der Waals surface area (Å²) < 4.78 is 5.11. The normalized spacial score (nSPS) is 13.7. The average Bonchev–Trinajstić information content (AvgIpc) is 2.53. The second kappa shape index (κ2) is 5.43. The van der Waals surface area contributed by atoms with Crippen LogP contribution in [0.1, 0.15) is 27.0 Å². The molecule has 4 heteroatoms. The van der Waals surface area contributed by atoms with Crippen LogP contribution in [0.3, 0.4) is 0 Å². The van der Waals surface area contributed by atoms with Crippen LogP contribution in [0.15, 0.2) is 36.7 Å². The van der Waals surface area contributed by atoms with Crippen molar-refractivity contribution in [3.8, 4) is 5.75 Å². The fourth-order valence-corrected chi connectivity index (χ4v) is 2.44. The van der Waals surface area contributed by atoms with Crippen LogP contribution in [0.25, 0.3) is 0 Å². The zero-order chi connectivity index (χ0) is 13.9. The summed E-state index contributed by atoms with van der Waals surface area (Å²) in [6.07, 6.45) is 4.18. The number of ketones is 1. The van der Waals surface area contributed by atoms with Crippen LogP contribution in [0.2, 0.25) is 0 Å². The maximum atomic E-state index is 12.5. The summed E-state index contributed by atoms with van der Waals surface area (Å²) in [5, 5.41) is 3.32. The number of pyridine rings is 1. The lowest BCUT2D eigenvalue weighted by Crippen LogP contribution is -2.23. The molecule has 0 amide bonds. The predicted octanol–water partition coefficient (Wildman–Crippen LogP) is 1.97. The van der Waals surface area contributed by atoms with E-state index in [-0.39, 0.29) is 5.78 Å². The molecule has 3 rings (SSSR count). The van der Waals surface area contributed by atoms with Crippen LogP contribution in [0, 0.1) is 0 Å². The summed E-state index contributed by atoms with van der Waals surface area (Å²) in [6.45, 7) is 1.83. The first-order valence-corrected chi connectivity index (χ1v) is 6.64. The van der Waals surface area contributed by atoms with Gasteiger partial charge in [0.05, 0.1) is 13.3 Å². The van der Waals surface area contributed by atoms with E-state index in [2.05, 4.69) is 16.4 Å². The summed E-state index contributed by atoms with van der Waals surface area (Å²) in [5.41, 5.74) is 3.78. The first kappa shape index (κ1) is 12.8. The quantitative estimate of drug-likeness (QED) is 0.865. The molecule has 0 atom stereocenters. The fraction of sp³-hybridized carbons (Fsp3) is 0.250. The van der Waals surface area contributed by atoms with Gasteiger partial charge in [0.2, 0.25) is 0 Å². The predicted molar refractivity (Wildman–Crippen MR) is 76.1 cm³/mol. The Kier molecular flexibility index (Phi) is 3.48. The fourth-order valence-electron chi connectivity index (χ4n) is 2.44. The molecule has 0 unspecified atom stereocenters. The van der Waals surface area contributed by atoms with E-state index in [1.807, 2.05) is 12.1 Å². The van der Waals surface area contributed by atoms with Gasteiger partial charge in [0.25, 0.3) is 0 Å². The van der Waals surface area contributed by atoms with E-state index in [0.29, 0.717) is 16.9 Å². The maximum absolute atomic E-state index is 12.5. The highest BCUT2D eigenvalue weighted by Crippen LogP contribution is 2.19. The van der Waals surface area contributed by atoms with Crippen LogP contribution < -0.4 is 10.1 Å². The lowest BCUT2D eigenvalue weighted by molar-refractivity contribution is 0.103. The molecular weight excluding hydrogens is 252 g/mol. The molecule has 0 saturated heterocycles. The van der Waals surface area contributed by atoms with Crippen molar-refractivity contribution in [1.29, 1.82) is 0 Å². The molecule has 1 aromatic carbocycles. The smallest absolute Gasteiger partial charge is 0.194 e. The molecule has 4 nitrogen and oxygen atoms in total. The molecule has 2 aromatic rings. The van der Waals surface area contributed by atoms with Crippen molar-refractivity contribution >= 4 is 5.78 Å². The van der Waals surface area contributed by atoms with Gasteiger partial charge in [0.1, 0.15) is 5.75 Å². The second-order valence-corrected chi connectivity index (χ2v) is 4.85. The SMILES string of the molecule is COc1cncc(C(=O)c2ccc3c(c2)CNCC3)c1. The molecule has 0 radical (unpaired) electrons. The van der Waals surface area contributed by atoms with Gasteiger partial charge in [-0.05, 0) is 36.2 Å². The van der Waals surface area contributed by atoms with Crippen molar-refractivity contribution < 1.29 is 9.53 Å². The monoisotopic (exact) mass is 268 g/mol. The number of ether oxygens (including phenoxy) is 1. The number of methoxy groups -OCH3 is 1. The zero-order valence-corrected chi connectivity index (χ0v) is 11.3. The van der Waals surface area contributed by atoms with Crippen LogP contribution >= 0.6 is 0 Å². The Morgan fingerprint density at radius 3 is 2.95 bits per heavy atom. The summed E-state index contributed by atoms with van der Waals surface area (Å²) >= 11 is 0. The van der Waals surface area contributed by atoms with Gasteiger partial charge < -0.3 is 10.1 Å². The summed E-state index contributed by atoms with van der Waals surface area (Å²) in [5.74, 6) is 0.570. The third-order valence-corrected chi connectivity index (χ3v) is 3.57. The molecule has 0 saturated carbocycles. The van der Waals surface area contributed by atoms with E-state index in [1.165, 1.54) is 11.1 Å². The van der Waals surface area contributed by atoms with Crippen molar-refractivity contribution in [2.75, 3.05) is 13.7 Å². The number of nitrogens with one attached hydrogen (secondary N) is 1.